The van der Waals surface area contributed by atoms with Crippen LogP contribution in [-0.2, 0) is 9.53 Å². The van der Waals surface area contributed by atoms with Crippen molar-refractivity contribution in [2.45, 2.75) is 12.6 Å². The second-order valence-corrected chi connectivity index (χ2v) is 2.93. The Kier molecular flexibility index (Phi) is 2.66. The number of hydrogen-bond donors (Lipinski definition) is 2. The second-order valence-electron chi connectivity index (χ2n) is 2.93. The lowest BCUT2D eigenvalue weighted by Gasteiger charge is -2.35. The van der Waals surface area contributed by atoms with Gasteiger partial charge in [-0.1, -0.05) is 0 Å². The molecule has 1 heterocycles. The molecule has 12 heavy (non-hydrogen) atoms. The maximum Gasteiger partial charge on any atom is 0.351 e. The van der Waals surface area contributed by atoms with Gasteiger partial charge in [0.05, 0.1) is 13.2 Å². The first-order valence-corrected chi connectivity index (χ1v) is 3.83. The van der Waals surface area contributed by atoms with Crippen LogP contribution in [0, 0.1) is 0 Å². The lowest BCUT2D eigenvalue weighted by atomic mass is 10.2. The van der Waals surface area contributed by atoms with Crippen molar-refractivity contribution in [1.82, 2.24) is 4.90 Å². The number of aliphatic hydroxyl groups is 1. The highest BCUT2D eigenvalue weighted by Crippen LogP contribution is 2.13. The summed E-state index contributed by atoms with van der Waals surface area (Å²) in [4.78, 5) is 12.1. The van der Waals surface area contributed by atoms with E-state index >= 15 is 0 Å². The first-order valence-electron chi connectivity index (χ1n) is 3.83. The molecule has 0 aliphatic carbocycles. The van der Waals surface area contributed by atoms with Crippen LogP contribution in [0.5, 0.6) is 0 Å². The zero-order valence-electron chi connectivity index (χ0n) is 6.99. The molecule has 5 heteroatoms. The van der Waals surface area contributed by atoms with E-state index in [9.17, 15) is 9.90 Å². The van der Waals surface area contributed by atoms with Gasteiger partial charge in [-0.2, -0.15) is 0 Å². The van der Waals surface area contributed by atoms with Gasteiger partial charge < -0.3 is 14.9 Å². The summed E-state index contributed by atoms with van der Waals surface area (Å²) < 4.78 is 5.03. The lowest BCUT2D eigenvalue weighted by molar-refractivity contribution is -0.185. The third-order valence-corrected chi connectivity index (χ3v) is 2.03. The minimum atomic E-state index is -1.76. The van der Waals surface area contributed by atoms with Gasteiger partial charge >= 0.3 is 5.97 Å². The van der Waals surface area contributed by atoms with Gasteiger partial charge in [0.25, 0.3) is 0 Å². The highest BCUT2D eigenvalue weighted by atomic mass is 16.5. The highest BCUT2D eigenvalue weighted by Gasteiger charge is 2.37. The van der Waals surface area contributed by atoms with Crippen molar-refractivity contribution >= 4 is 5.97 Å². The number of rotatable bonds is 2. The van der Waals surface area contributed by atoms with Crippen LogP contribution in [-0.4, -0.2) is 53.1 Å². The van der Waals surface area contributed by atoms with Crippen molar-refractivity contribution in [1.29, 1.82) is 0 Å². The maximum atomic E-state index is 10.6. The van der Waals surface area contributed by atoms with Crippen LogP contribution in [0.3, 0.4) is 0 Å². The van der Waals surface area contributed by atoms with Gasteiger partial charge in [0, 0.05) is 13.1 Å². The minimum Gasteiger partial charge on any atom is -0.478 e. The summed E-state index contributed by atoms with van der Waals surface area (Å²) in [6, 6.07) is 0. The van der Waals surface area contributed by atoms with E-state index in [0.717, 1.165) is 0 Å². The molecule has 2 N–H and O–H groups in total. The fourth-order valence-electron chi connectivity index (χ4n) is 1.13. The number of aliphatic carboxylic acids is 1. The minimum absolute atomic E-state index is 0.458. The number of carboxylic acids is 1. The monoisotopic (exact) mass is 175 g/mol. The summed E-state index contributed by atoms with van der Waals surface area (Å²) in [6.07, 6.45) is 0. The molecule has 1 rings (SSSR count). The van der Waals surface area contributed by atoms with Crippen LogP contribution in [0.15, 0.2) is 0 Å². The number of ether oxygens (including phenoxy) is 1. The van der Waals surface area contributed by atoms with Crippen molar-refractivity contribution < 1.29 is 19.7 Å². The first-order chi connectivity index (χ1) is 5.55. The number of hydrogen-bond acceptors (Lipinski definition) is 4. The normalized spacial score (nSPS) is 24.8. The van der Waals surface area contributed by atoms with E-state index in [1.165, 1.54) is 11.8 Å². The molecule has 70 valence electrons. The Morgan fingerprint density at radius 3 is 2.42 bits per heavy atom. The molecule has 5 nitrogen and oxygen atoms in total. The Morgan fingerprint density at radius 1 is 1.50 bits per heavy atom. The quantitative estimate of drug-likeness (QED) is 0.570. The zero-order chi connectivity index (χ0) is 9.19. The van der Waals surface area contributed by atoms with Crippen LogP contribution in [0.25, 0.3) is 0 Å². The number of carboxylic acid groups (broad SMARTS) is 1. The predicted octanol–water partition coefficient (Wildman–Crippen LogP) is -0.888. The van der Waals surface area contributed by atoms with Crippen molar-refractivity contribution in [3.63, 3.8) is 0 Å². The summed E-state index contributed by atoms with van der Waals surface area (Å²) in [6.45, 7) is 3.14. The molecular formula is C7H13NO4. The predicted molar refractivity (Wildman–Crippen MR) is 40.7 cm³/mol. The Balaban J connectivity index is 2.59. The second kappa shape index (κ2) is 3.38. The van der Waals surface area contributed by atoms with E-state index in [0.29, 0.717) is 26.3 Å². The molecule has 0 spiro atoms. The standard InChI is InChI=1S/C7H13NO4/c1-7(11,6(9)10)8-2-4-12-5-3-8/h11H,2-5H2,1H3,(H,9,10). The third kappa shape index (κ3) is 1.74. The van der Waals surface area contributed by atoms with Gasteiger partial charge in [0.15, 0.2) is 0 Å². The molecule has 0 amide bonds. The molecule has 0 aromatic heterocycles. The molecule has 1 unspecified atom stereocenters. The Labute approximate surface area is 70.5 Å². The Morgan fingerprint density at radius 2 is 2.00 bits per heavy atom. The van der Waals surface area contributed by atoms with Crippen LogP contribution >= 0.6 is 0 Å². The lowest BCUT2D eigenvalue weighted by Crippen LogP contribution is -2.56. The Hall–Kier alpha value is -0.650. The van der Waals surface area contributed by atoms with E-state index in [1.807, 2.05) is 0 Å². The van der Waals surface area contributed by atoms with Gasteiger partial charge in [0.1, 0.15) is 0 Å². The third-order valence-electron chi connectivity index (χ3n) is 2.03. The molecule has 1 atom stereocenters. The van der Waals surface area contributed by atoms with Crippen LogP contribution in [0.4, 0.5) is 0 Å². The van der Waals surface area contributed by atoms with E-state index in [2.05, 4.69) is 0 Å². The molecule has 0 bridgehead atoms. The average molecular weight is 175 g/mol. The zero-order valence-corrected chi connectivity index (χ0v) is 6.99. The van der Waals surface area contributed by atoms with Gasteiger partial charge in [-0.15, -0.1) is 0 Å². The summed E-state index contributed by atoms with van der Waals surface area (Å²) in [7, 11) is 0. The molecule has 1 saturated heterocycles. The van der Waals surface area contributed by atoms with Crippen molar-refractivity contribution in [3.05, 3.63) is 0 Å². The molecule has 0 saturated carbocycles. The number of morpholine rings is 1. The number of carbonyl (C=O) groups is 1. The van der Waals surface area contributed by atoms with E-state index < -0.39 is 11.7 Å². The SMILES string of the molecule is CC(O)(C(=O)O)N1CCOCC1. The van der Waals surface area contributed by atoms with Gasteiger partial charge in [0.2, 0.25) is 5.72 Å². The summed E-state index contributed by atoms with van der Waals surface area (Å²) >= 11 is 0. The van der Waals surface area contributed by atoms with E-state index in [-0.39, 0.29) is 0 Å². The maximum absolute atomic E-state index is 10.6. The fraction of sp³-hybridized carbons (Fsp3) is 0.857. The topological polar surface area (TPSA) is 70.0 Å². The average Bonchev–Trinajstić information content (AvgIpc) is 2.06. The van der Waals surface area contributed by atoms with E-state index in [4.69, 9.17) is 9.84 Å². The first kappa shape index (κ1) is 9.44. The number of nitrogens with zero attached hydrogens (tertiary/aromatic N) is 1. The summed E-state index contributed by atoms with van der Waals surface area (Å²) in [5.74, 6) is -1.22. The molecule has 1 aliphatic heterocycles. The largest absolute Gasteiger partial charge is 0.478 e. The molecular weight excluding hydrogens is 162 g/mol. The molecule has 0 aromatic rings. The molecule has 0 aromatic carbocycles. The van der Waals surface area contributed by atoms with Crippen LogP contribution in [0.1, 0.15) is 6.92 Å². The van der Waals surface area contributed by atoms with E-state index in [1.54, 1.807) is 0 Å². The fourth-order valence-corrected chi connectivity index (χ4v) is 1.13. The summed E-state index contributed by atoms with van der Waals surface area (Å²) in [5.41, 5.74) is -1.76. The molecule has 1 aliphatic rings. The van der Waals surface area contributed by atoms with Crippen molar-refractivity contribution in [2.75, 3.05) is 26.3 Å². The van der Waals surface area contributed by atoms with Gasteiger partial charge in [-0.3, -0.25) is 4.90 Å². The van der Waals surface area contributed by atoms with Crippen molar-refractivity contribution in [3.8, 4) is 0 Å². The highest BCUT2D eigenvalue weighted by molar-refractivity contribution is 5.75. The van der Waals surface area contributed by atoms with Crippen molar-refractivity contribution in [2.24, 2.45) is 0 Å². The molecule has 1 fully saturated rings. The summed E-state index contributed by atoms with van der Waals surface area (Å²) in [5, 5.41) is 18.1. The van der Waals surface area contributed by atoms with Crippen LogP contribution in [0.2, 0.25) is 0 Å². The molecule has 0 radical (unpaired) electrons. The van der Waals surface area contributed by atoms with Crippen LogP contribution < -0.4 is 0 Å². The Bertz CT molecular complexity index is 174. The van der Waals surface area contributed by atoms with Gasteiger partial charge in [-0.05, 0) is 6.92 Å². The van der Waals surface area contributed by atoms with Gasteiger partial charge in [-0.25, -0.2) is 4.79 Å². The smallest absolute Gasteiger partial charge is 0.351 e.